The Bertz CT molecular complexity index is 1210. The third-order valence-corrected chi connectivity index (χ3v) is 6.84. The van der Waals surface area contributed by atoms with Crippen LogP contribution in [0.25, 0.3) is 11.0 Å². The van der Waals surface area contributed by atoms with Gasteiger partial charge in [0.05, 0.1) is 26.9 Å². The molecule has 1 fully saturated rings. The zero-order valence-corrected chi connectivity index (χ0v) is 20.3. The average Bonchev–Trinajstić information content (AvgIpc) is 3.46. The van der Waals surface area contributed by atoms with Crippen LogP contribution >= 0.6 is 12.4 Å². The summed E-state index contributed by atoms with van der Waals surface area (Å²) in [6.45, 7) is 4.12. The Morgan fingerprint density at radius 1 is 1.15 bits per heavy atom. The lowest BCUT2D eigenvalue weighted by Gasteiger charge is -2.13. The quantitative estimate of drug-likeness (QED) is 0.462. The fraction of sp³-hybridized carbons (Fsp3) is 0.409. The third kappa shape index (κ3) is 5.35. The number of hydrogen-bond acceptors (Lipinski definition) is 8. The Balaban J connectivity index is 0.00000306. The molecule has 0 spiro atoms. The van der Waals surface area contributed by atoms with Gasteiger partial charge in [-0.05, 0) is 54.8 Å². The molecule has 0 bridgehead atoms. The maximum Gasteiger partial charge on any atom is 0.266 e. The lowest BCUT2D eigenvalue weighted by atomic mass is 10.1. The van der Waals surface area contributed by atoms with Gasteiger partial charge in [0.2, 0.25) is 0 Å². The number of hydrogen-bond donors (Lipinski definition) is 2. The molecule has 0 aliphatic carbocycles. The summed E-state index contributed by atoms with van der Waals surface area (Å²) in [4.78, 5) is 0.0321. The van der Waals surface area contributed by atoms with Gasteiger partial charge in [0.25, 0.3) is 10.0 Å². The van der Waals surface area contributed by atoms with Crippen molar-refractivity contribution in [3.8, 4) is 11.5 Å². The van der Waals surface area contributed by atoms with Gasteiger partial charge in [-0.1, -0.05) is 18.1 Å². The molecular weight excluding hydrogens is 470 g/mol. The summed E-state index contributed by atoms with van der Waals surface area (Å²) in [6.07, 6.45) is 1.83. The summed E-state index contributed by atoms with van der Waals surface area (Å²) in [6, 6.07) is 8.65. The van der Waals surface area contributed by atoms with Crippen molar-refractivity contribution in [2.75, 3.05) is 32.0 Å². The van der Waals surface area contributed by atoms with Crippen molar-refractivity contribution < 1.29 is 27.2 Å². The molecule has 1 saturated heterocycles. The van der Waals surface area contributed by atoms with E-state index in [2.05, 4.69) is 15.2 Å². The minimum Gasteiger partial charge on any atom is -0.496 e. The predicted molar refractivity (Wildman–Crippen MR) is 127 cm³/mol. The lowest BCUT2D eigenvalue weighted by molar-refractivity contribution is 0.0541. The molecule has 1 aliphatic heterocycles. The van der Waals surface area contributed by atoms with Gasteiger partial charge in [0, 0.05) is 6.54 Å². The molecule has 1 atom stereocenters. The number of nitrogens with one attached hydrogen (secondary N) is 2. The van der Waals surface area contributed by atoms with Gasteiger partial charge in [-0.15, -0.1) is 12.4 Å². The molecule has 2 heterocycles. The van der Waals surface area contributed by atoms with E-state index in [1.54, 1.807) is 24.3 Å². The number of rotatable bonds is 9. The van der Waals surface area contributed by atoms with Crippen LogP contribution in [-0.4, -0.2) is 47.0 Å². The largest absolute Gasteiger partial charge is 0.496 e. The molecule has 2 N–H and O–H groups in total. The van der Waals surface area contributed by atoms with Gasteiger partial charge in [-0.25, -0.2) is 8.42 Å². The van der Waals surface area contributed by atoms with Crippen molar-refractivity contribution >= 4 is 39.2 Å². The van der Waals surface area contributed by atoms with Crippen LogP contribution in [0.1, 0.15) is 24.5 Å². The van der Waals surface area contributed by atoms with E-state index in [1.807, 2.05) is 13.0 Å². The van der Waals surface area contributed by atoms with E-state index >= 15 is 0 Å². The van der Waals surface area contributed by atoms with Crippen molar-refractivity contribution in [3.63, 3.8) is 0 Å². The Kier molecular flexibility index (Phi) is 8.06. The molecule has 11 heteroatoms. The van der Waals surface area contributed by atoms with Gasteiger partial charge in [0.1, 0.15) is 21.8 Å². The molecule has 0 unspecified atom stereocenters. The van der Waals surface area contributed by atoms with Crippen LogP contribution in [0, 0.1) is 0 Å². The topological polar surface area (TPSA) is 112 Å². The van der Waals surface area contributed by atoms with E-state index in [0.29, 0.717) is 29.7 Å². The van der Waals surface area contributed by atoms with Gasteiger partial charge in [0.15, 0.2) is 11.4 Å². The molecule has 2 aromatic carbocycles. The predicted octanol–water partition coefficient (Wildman–Crippen LogP) is 3.51. The number of benzene rings is 2. The zero-order chi connectivity index (χ0) is 22.7. The van der Waals surface area contributed by atoms with Crippen LogP contribution < -0.4 is 19.5 Å². The van der Waals surface area contributed by atoms with Crippen molar-refractivity contribution in [3.05, 3.63) is 41.5 Å². The fourth-order valence-corrected chi connectivity index (χ4v) is 4.95. The highest BCUT2D eigenvalue weighted by molar-refractivity contribution is 7.92. The molecule has 3 aromatic rings. The zero-order valence-electron chi connectivity index (χ0n) is 18.7. The number of sulfonamides is 1. The molecule has 9 nitrogen and oxygen atoms in total. The van der Waals surface area contributed by atoms with Gasteiger partial charge in [-0.2, -0.15) is 0 Å². The van der Waals surface area contributed by atoms with Crippen LogP contribution in [0.3, 0.4) is 0 Å². The van der Waals surface area contributed by atoms with E-state index in [4.69, 9.17) is 18.7 Å². The van der Waals surface area contributed by atoms with Crippen molar-refractivity contribution in [2.45, 2.75) is 37.4 Å². The first kappa shape index (κ1) is 25.1. The van der Waals surface area contributed by atoms with E-state index in [0.717, 1.165) is 30.6 Å². The maximum absolute atomic E-state index is 13.2. The first-order valence-electron chi connectivity index (χ1n) is 10.4. The average molecular weight is 498 g/mol. The number of anilines is 1. The summed E-state index contributed by atoms with van der Waals surface area (Å²) in [5.74, 6) is 0.738. The maximum atomic E-state index is 13.2. The summed E-state index contributed by atoms with van der Waals surface area (Å²) in [7, 11) is -1.05. The molecule has 1 aliphatic rings. The highest BCUT2D eigenvalue weighted by Crippen LogP contribution is 2.36. The second-order valence-electron chi connectivity index (χ2n) is 7.57. The first-order valence-corrected chi connectivity index (χ1v) is 11.9. The van der Waals surface area contributed by atoms with E-state index < -0.39 is 10.0 Å². The van der Waals surface area contributed by atoms with Crippen molar-refractivity contribution in [1.82, 2.24) is 10.5 Å². The monoisotopic (exact) mass is 497 g/mol. The second-order valence-corrected chi connectivity index (χ2v) is 9.22. The fourth-order valence-electron chi connectivity index (χ4n) is 3.72. The molecule has 0 saturated carbocycles. The molecule has 4 rings (SSSR count). The minimum absolute atomic E-state index is 0. The third-order valence-electron chi connectivity index (χ3n) is 5.48. The van der Waals surface area contributed by atoms with E-state index in [-0.39, 0.29) is 35.0 Å². The van der Waals surface area contributed by atoms with Crippen LogP contribution in [0.2, 0.25) is 0 Å². The molecule has 1 aromatic heterocycles. The molecular formula is C22H28ClN3O6S. The summed E-state index contributed by atoms with van der Waals surface area (Å²) in [5.41, 5.74) is 2.12. The summed E-state index contributed by atoms with van der Waals surface area (Å²) < 4.78 is 51.0. The Hall–Kier alpha value is -2.53. The Morgan fingerprint density at radius 2 is 1.94 bits per heavy atom. The Labute approximate surface area is 199 Å². The highest BCUT2D eigenvalue weighted by atomic mass is 35.5. The van der Waals surface area contributed by atoms with E-state index in [1.165, 1.54) is 14.2 Å². The smallest absolute Gasteiger partial charge is 0.266 e. The van der Waals surface area contributed by atoms with Crippen molar-refractivity contribution in [1.29, 1.82) is 0 Å². The van der Waals surface area contributed by atoms with Gasteiger partial charge < -0.3 is 24.1 Å². The molecule has 180 valence electrons. The number of aromatic nitrogens is 1. The van der Waals surface area contributed by atoms with Crippen LogP contribution in [-0.2, 0) is 27.8 Å². The lowest BCUT2D eigenvalue weighted by Crippen LogP contribution is -2.16. The number of aryl methyl sites for hydroxylation is 1. The number of halogens is 1. The minimum atomic E-state index is -3.99. The van der Waals surface area contributed by atoms with Gasteiger partial charge in [-0.3, -0.25) is 4.72 Å². The number of nitrogens with zero attached hydrogens (tertiary/aromatic N) is 1. The number of methoxy groups -OCH3 is 2. The summed E-state index contributed by atoms with van der Waals surface area (Å²) in [5, 5.41) is 7.65. The Morgan fingerprint density at radius 3 is 2.61 bits per heavy atom. The van der Waals surface area contributed by atoms with Crippen LogP contribution in [0.4, 0.5) is 5.82 Å². The molecule has 0 radical (unpaired) electrons. The summed E-state index contributed by atoms with van der Waals surface area (Å²) >= 11 is 0. The molecule has 0 amide bonds. The van der Waals surface area contributed by atoms with Crippen LogP contribution in [0.15, 0.2) is 39.8 Å². The highest BCUT2D eigenvalue weighted by Gasteiger charge is 2.25. The van der Waals surface area contributed by atoms with Crippen molar-refractivity contribution in [2.24, 2.45) is 0 Å². The first-order chi connectivity index (χ1) is 15.4. The normalized spacial score (nSPS) is 15.9. The number of fused-ring (bicyclic) bond motifs is 1. The number of ether oxygens (including phenoxy) is 3. The molecule has 33 heavy (non-hydrogen) atoms. The SMILES string of the molecule is CCc1ccc(OC)c(S(=O)(=O)Nc2noc3cc(CO[C@H]4CCNC4)cc(OC)c23)c1.Cl. The van der Waals surface area contributed by atoms with Crippen LogP contribution in [0.5, 0.6) is 11.5 Å². The van der Waals surface area contributed by atoms with E-state index in [9.17, 15) is 8.42 Å². The second kappa shape index (κ2) is 10.6. The van der Waals surface area contributed by atoms with Gasteiger partial charge >= 0.3 is 0 Å². The standard InChI is InChI=1S/C22H27N3O6S.ClH/c1-4-14-5-6-17(28-2)20(11-14)32(26,27)25-22-21-18(29-3)9-15(10-19(21)31-24-22)13-30-16-7-8-23-12-16;/h5-6,9-11,16,23H,4,7-8,12-13H2,1-3H3,(H,24,25);1H/t16-;/m0./s1.